The van der Waals surface area contributed by atoms with Gasteiger partial charge in [0.2, 0.25) is 0 Å². The summed E-state index contributed by atoms with van der Waals surface area (Å²) in [4.78, 5) is 22.9. The Morgan fingerprint density at radius 2 is 2.10 bits per heavy atom. The lowest BCUT2D eigenvalue weighted by molar-refractivity contribution is -0.118. The Morgan fingerprint density at radius 3 is 2.95 bits per heavy atom. The van der Waals surface area contributed by atoms with Crippen molar-refractivity contribution in [2.24, 2.45) is 5.92 Å². The van der Waals surface area contributed by atoms with Crippen LogP contribution in [0.25, 0.3) is 22.0 Å². The summed E-state index contributed by atoms with van der Waals surface area (Å²) in [7, 11) is 0. The van der Waals surface area contributed by atoms with E-state index in [2.05, 4.69) is 38.1 Å². The molecule has 4 aliphatic rings. The van der Waals surface area contributed by atoms with E-state index in [-0.39, 0.29) is 37.1 Å². The van der Waals surface area contributed by atoms with Crippen LogP contribution in [0.1, 0.15) is 42.7 Å². The van der Waals surface area contributed by atoms with E-state index in [1.165, 1.54) is 17.2 Å². The molecule has 2 aliphatic heterocycles. The predicted octanol–water partition coefficient (Wildman–Crippen LogP) is 5.06. The first-order chi connectivity index (χ1) is 19.8. The number of aromatic nitrogens is 2. The van der Waals surface area contributed by atoms with Crippen LogP contribution >= 0.6 is 0 Å². The Labute approximate surface area is 236 Å². The lowest BCUT2D eigenvalue weighted by Gasteiger charge is -2.30. The maximum absolute atomic E-state index is 15.7. The lowest BCUT2D eigenvalue weighted by Crippen LogP contribution is -2.43. The van der Waals surface area contributed by atoms with Crippen molar-refractivity contribution in [1.82, 2.24) is 20.2 Å². The van der Waals surface area contributed by atoms with Gasteiger partial charge in [0.05, 0.1) is 11.1 Å². The van der Waals surface area contributed by atoms with E-state index >= 15 is 4.39 Å². The summed E-state index contributed by atoms with van der Waals surface area (Å²) in [6.45, 7) is 4.81. The Bertz CT molecular complexity index is 1560. The number of amides is 1. The van der Waals surface area contributed by atoms with Gasteiger partial charge in [-0.25, -0.2) is 13.2 Å². The normalized spacial score (nSPS) is 26.0. The molecule has 1 saturated carbocycles. The van der Waals surface area contributed by atoms with Crippen LogP contribution in [0.3, 0.4) is 0 Å². The zero-order chi connectivity index (χ0) is 28.3. The minimum atomic E-state index is -1.07. The van der Waals surface area contributed by atoms with E-state index in [1.54, 1.807) is 6.07 Å². The third-order valence-corrected chi connectivity index (χ3v) is 9.21. The van der Waals surface area contributed by atoms with Crippen LogP contribution in [0.5, 0.6) is 6.01 Å². The lowest BCUT2D eigenvalue weighted by atomic mass is 9.93. The molecule has 3 fully saturated rings. The van der Waals surface area contributed by atoms with Gasteiger partial charge in [-0.2, -0.15) is 9.97 Å². The van der Waals surface area contributed by atoms with E-state index in [0.29, 0.717) is 47.1 Å². The second kappa shape index (κ2) is 10.0. The molecule has 0 spiro atoms. The van der Waals surface area contributed by atoms with Gasteiger partial charge in [0.25, 0.3) is 5.91 Å². The Hall–Kier alpha value is -3.66. The Balaban J connectivity index is 1.22. The highest BCUT2D eigenvalue weighted by Crippen LogP contribution is 2.58. The van der Waals surface area contributed by atoms with Crippen molar-refractivity contribution < 1.29 is 22.7 Å². The molecular formula is C31H32F3N5O2. The maximum Gasteiger partial charge on any atom is 0.319 e. The van der Waals surface area contributed by atoms with Gasteiger partial charge in [-0.3, -0.25) is 9.69 Å². The van der Waals surface area contributed by atoms with E-state index < -0.39 is 17.9 Å². The van der Waals surface area contributed by atoms with Crippen LogP contribution in [0.4, 0.5) is 19.0 Å². The molecule has 2 aromatic carbocycles. The fraction of sp³-hybridized carbons (Fsp3) is 0.452. The fourth-order valence-electron chi connectivity index (χ4n) is 7.21. The molecule has 41 heavy (non-hydrogen) atoms. The van der Waals surface area contributed by atoms with E-state index in [4.69, 9.17) is 4.74 Å². The molecule has 1 amide bonds. The molecule has 0 radical (unpaired) electrons. The highest BCUT2D eigenvalue weighted by Gasteiger charge is 2.49. The second-order valence-corrected chi connectivity index (χ2v) is 11.8. The Kier molecular flexibility index (Phi) is 6.41. The molecule has 3 heterocycles. The molecule has 214 valence electrons. The summed E-state index contributed by atoms with van der Waals surface area (Å²) < 4.78 is 49.2. The van der Waals surface area contributed by atoms with Gasteiger partial charge in [0.1, 0.15) is 24.4 Å². The third kappa shape index (κ3) is 4.71. The summed E-state index contributed by atoms with van der Waals surface area (Å²) in [5, 5.41) is 5.98. The van der Waals surface area contributed by atoms with Crippen molar-refractivity contribution in [3.05, 3.63) is 59.7 Å². The molecule has 10 heteroatoms. The van der Waals surface area contributed by atoms with Crippen LogP contribution in [-0.4, -0.2) is 65.3 Å². The number of ether oxygens (including phenoxy) is 1. The maximum atomic E-state index is 15.7. The molecule has 2 aliphatic carbocycles. The largest absolute Gasteiger partial charge is 0.461 e. The van der Waals surface area contributed by atoms with Crippen LogP contribution in [0, 0.1) is 11.7 Å². The van der Waals surface area contributed by atoms with Crippen molar-refractivity contribution in [3.8, 4) is 17.1 Å². The molecular weight excluding hydrogens is 531 g/mol. The van der Waals surface area contributed by atoms with E-state index in [1.807, 2.05) is 12.1 Å². The number of nitrogens with one attached hydrogen (secondary N) is 2. The number of fused-ring (bicyclic) bond motifs is 5. The standard InChI is InChI=1S/C31H32F3N5O2/c1-17(32)29(40)36-8-7-35-28-24-12-25(34)23(21-5-2-4-18-10-19-11-22(19)27(18)21)13-26(24)37-30(38-28)41-16-31-6-3-9-39(31)15-20(33)14-31/h2,4-5,12-13,19-20,22H,1,3,6-11,14-16H2,(H,36,40)(H,35,37,38)/t19?,20-,22?,31+/m1/s1. The number of hydrogen-bond acceptors (Lipinski definition) is 6. The van der Waals surface area contributed by atoms with Gasteiger partial charge >= 0.3 is 6.01 Å². The van der Waals surface area contributed by atoms with Crippen LogP contribution in [-0.2, 0) is 11.2 Å². The number of hydrogen-bond donors (Lipinski definition) is 2. The molecule has 4 atom stereocenters. The van der Waals surface area contributed by atoms with Crippen molar-refractivity contribution in [2.45, 2.75) is 49.7 Å². The molecule has 2 unspecified atom stereocenters. The number of benzene rings is 2. The smallest absolute Gasteiger partial charge is 0.319 e. The van der Waals surface area contributed by atoms with Gasteiger partial charge in [0, 0.05) is 37.0 Å². The number of rotatable bonds is 9. The summed E-state index contributed by atoms with van der Waals surface area (Å²) in [6.07, 6.45) is 3.57. The molecule has 2 saturated heterocycles. The number of carbonyl (C=O) groups is 1. The minimum Gasteiger partial charge on any atom is -0.461 e. The molecule has 7 nitrogen and oxygen atoms in total. The van der Waals surface area contributed by atoms with Gasteiger partial charge in [-0.1, -0.05) is 24.8 Å². The Morgan fingerprint density at radius 1 is 1.22 bits per heavy atom. The third-order valence-electron chi connectivity index (χ3n) is 9.21. The summed E-state index contributed by atoms with van der Waals surface area (Å²) in [6, 6.07) is 9.38. The summed E-state index contributed by atoms with van der Waals surface area (Å²) in [5.41, 5.74) is 4.06. The van der Waals surface area contributed by atoms with Gasteiger partial charge in [0.15, 0.2) is 5.83 Å². The van der Waals surface area contributed by atoms with Gasteiger partial charge in [-0.15, -0.1) is 0 Å². The first-order valence-corrected chi connectivity index (χ1v) is 14.3. The van der Waals surface area contributed by atoms with Gasteiger partial charge < -0.3 is 15.4 Å². The second-order valence-electron chi connectivity index (χ2n) is 11.8. The van der Waals surface area contributed by atoms with Gasteiger partial charge in [-0.05, 0) is 72.9 Å². The molecule has 3 aromatic rings. The first kappa shape index (κ1) is 26.3. The quantitative estimate of drug-likeness (QED) is 0.280. The van der Waals surface area contributed by atoms with E-state index in [9.17, 15) is 13.6 Å². The SMILES string of the molecule is C=C(F)C(=O)NCCNc1nc(OC[C@@]23CCCN2C[C@H](F)C3)nc2cc(-c3cccc4c3C3CC3C4)c(F)cc12. The summed E-state index contributed by atoms with van der Waals surface area (Å²) >= 11 is 0. The van der Waals surface area contributed by atoms with Crippen molar-refractivity contribution in [1.29, 1.82) is 0 Å². The van der Waals surface area contributed by atoms with Crippen molar-refractivity contribution >= 4 is 22.6 Å². The van der Waals surface area contributed by atoms with Crippen LogP contribution in [0.2, 0.25) is 0 Å². The van der Waals surface area contributed by atoms with Crippen molar-refractivity contribution in [2.75, 3.05) is 38.1 Å². The number of carbonyl (C=O) groups excluding carboxylic acids is 1. The average Bonchev–Trinajstić information content (AvgIpc) is 3.27. The molecule has 7 rings (SSSR count). The number of nitrogens with zero attached hydrogens (tertiary/aromatic N) is 3. The zero-order valence-corrected chi connectivity index (χ0v) is 22.7. The van der Waals surface area contributed by atoms with Crippen LogP contribution < -0.4 is 15.4 Å². The fourth-order valence-corrected chi connectivity index (χ4v) is 7.21. The molecule has 2 N–H and O–H groups in total. The number of alkyl halides is 1. The first-order valence-electron chi connectivity index (χ1n) is 14.3. The van der Waals surface area contributed by atoms with E-state index in [0.717, 1.165) is 37.8 Å². The topological polar surface area (TPSA) is 79.4 Å². The highest BCUT2D eigenvalue weighted by molar-refractivity contribution is 5.93. The number of anilines is 1. The molecule has 1 aromatic heterocycles. The highest BCUT2D eigenvalue weighted by atomic mass is 19.1. The van der Waals surface area contributed by atoms with Crippen LogP contribution in [0.15, 0.2) is 42.7 Å². The van der Waals surface area contributed by atoms with Crippen molar-refractivity contribution in [3.63, 3.8) is 0 Å². The average molecular weight is 564 g/mol. The number of halogens is 3. The predicted molar refractivity (Wildman–Crippen MR) is 150 cm³/mol. The molecule has 0 bridgehead atoms. The monoisotopic (exact) mass is 563 g/mol. The summed E-state index contributed by atoms with van der Waals surface area (Å²) in [5.74, 6) is -0.853. The zero-order valence-electron chi connectivity index (χ0n) is 22.7. The minimum absolute atomic E-state index is 0.0959.